The van der Waals surface area contributed by atoms with Gasteiger partial charge in [0.25, 0.3) is 5.91 Å². The summed E-state index contributed by atoms with van der Waals surface area (Å²) in [6.07, 6.45) is 2.67. The van der Waals surface area contributed by atoms with Gasteiger partial charge in [0.2, 0.25) is 5.91 Å². The number of carbonyl (C=O) groups is 2. The van der Waals surface area contributed by atoms with Gasteiger partial charge < -0.3 is 15.2 Å². The lowest BCUT2D eigenvalue weighted by Gasteiger charge is -2.25. The molecule has 0 atom stereocenters. The lowest BCUT2D eigenvalue weighted by molar-refractivity contribution is -0.117. The summed E-state index contributed by atoms with van der Waals surface area (Å²) < 4.78 is 0. The highest BCUT2D eigenvalue weighted by atomic mass is 32.1. The van der Waals surface area contributed by atoms with Crippen LogP contribution in [0.2, 0.25) is 0 Å². The van der Waals surface area contributed by atoms with Crippen LogP contribution in [0.15, 0.2) is 30.3 Å². The second-order valence-corrected chi connectivity index (χ2v) is 7.98. The number of para-hydroxylation sites is 1. The fourth-order valence-corrected chi connectivity index (χ4v) is 4.36. The number of carbonyl (C=O) groups excluding carboxylic acids is 2. The number of thiazole rings is 1. The monoisotopic (exact) mass is 366 g/mol. The number of hydrogen-bond donors (Lipinski definition) is 2. The third-order valence-electron chi connectivity index (χ3n) is 4.96. The third-order valence-corrected chi connectivity index (χ3v) is 5.95. The molecule has 1 aromatic carbocycles. The second-order valence-electron chi connectivity index (χ2n) is 6.90. The number of amides is 2. The van der Waals surface area contributed by atoms with Crippen LogP contribution in [-0.4, -0.2) is 33.2 Å². The Morgan fingerprint density at radius 3 is 2.92 bits per heavy atom. The predicted molar refractivity (Wildman–Crippen MR) is 100 cm³/mol. The van der Waals surface area contributed by atoms with Crippen molar-refractivity contribution in [1.29, 1.82) is 0 Å². The molecule has 1 saturated carbocycles. The number of rotatable bonds is 3. The molecule has 7 heteroatoms. The van der Waals surface area contributed by atoms with Gasteiger partial charge in [-0.1, -0.05) is 29.5 Å². The maximum absolute atomic E-state index is 12.9. The smallest absolute Gasteiger partial charge is 0.270 e. The highest BCUT2D eigenvalue weighted by Gasteiger charge is 2.31. The van der Waals surface area contributed by atoms with Gasteiger partial charge in [-0.05, 0) is 25.0 Å². The van der Waals surface area contributed by atoms with Gasteiger partial charge in [0.15, 0.2) is 5.13 Å². The molecular weight excluding hydrogens is 348 g/mol. The molecule has 0 spiro atoms. The molecule has 1 aliphatic carbocycles. The van der Waals surface area contributed by atoms with Crippen molar-refractivity contribution in [3.8, 4) is 0 Å². The Morgan fingerprint density at radius 1 is 1.27 bits per heavy atom. The van der Waals surface area contributed by atoms with E-state index in [-0.39, 0.29) is 17.7 Å². The Labute approximate surface area is 154 Å². The summed E-state index contributed by atoms with van der Waals surface area (Å²) in [7, 11) is 0. The number of nitrogens with one attached hydrogen (secondary N) is 2. The lowest BCUT2D eigenvalue weighted by Crippen LogP contribution is -2.35. The van der Waals surface area contributed by atoms with E-state index >= 15 is 0 Å². The zero-order valence-electron chi connectivity index (χ0n) is 14.1. The molecule has 3 heterocycles. The summed E-state index contributed by atoms with van der Waals surface area (Å²) in [5, 5.41) is 4.61. The Bertz CT molecular complexity index is 985. The summed E-state index contributed by atoms with van der Waals surface area (Å²) in [4.78, 5) is 35.4. The summed E-state index contributed by atoms with van der Waals surface area (Å²) >= 11 is 1.48. The van der Waals surface area contributed by atoms with Crippen molar-refractivity contribution < 1.29 is 9.59 Å². The first-order chi connectivity index (χ1) is 12.7. The minimum absolute atomic E-state index is 0.00353. The van der Waals surface area contributed by atoms with Gasteiger partial charge in [0, 0.05) is 34.7 Å². The van der Waals surface area contributed by atoms with Gasteiger partial charge in [0.1, 0.15) is 5.69 Å². The summed E-state index contributed by atoms with van der Waals surface area (Å²) in [5.41, 5.74) is 2.58. The largest absolute Gasteiger partial charge is 0.351 e. The van der Waals surface area contributed by atoms with Crippen LogP contribution in [0.3, 0.4) is 0 Å². The number of aromatic amines is 1. The summed E-state index contributed by atoms with van der Waals surface area (Å²) in [5.74, 6) is 0.238. The highest BCUT2D eigenvalue weighted by molar-refractivity contribution is 7.15. The van der Waals surface area contributed by atoms with Gasteiger partial charge in [0.05, 0.1) is 12.2 Å². The zero-order chi connectivity index (χ0) is 17.7. The topological polar surface area (TPSA) is 78.1 Å². The van der Waals surface area contributed by atoms with Crippen molar-refractivity contribution in [2.45, 2.75) is 25.8 Å². The average Bonchev–Trinajstić information content (AvgIpc) is 3.29. The molecule has 1 aliphatic heterocycles. The molecule has 132 valence electrons. The molecule has 2 aromatic heterocycles. The number of H-pyrrole nitrogens is 1. The van der Waals surface area contributed by atoms with E-state index in [0.717, 1.165) is 40.7 Å². The van der Waals surface area contributed by atoms with E-state index < -0.39 is 0 Å². The Balaban J connectivity index is 1.33. The van der Waals surface area contributed by atoms with E-state index in [1.165, 1.54) is 11.3 Å². The molecule has 2 aliphatic rings. The first kappa shape index (κ1) is 15.6. The van der Waals surface area contributed by atoms with Gasteiger partial charge in [-0.25, -0.2) is 4.98 Å². The molecular formula is C19H18N4O2S. The van der Waals surface area contributed by atoms with Gasteiger partial charge >= 0.3 is 0 Å². The van der Waals surface area contributed by atoms with Crippen LogP contribution in [0, 0.1) is 5.92 Å². The maximum atomic E-state index is 12.9. The Hall–Kier alpha value is -2.67. The van der Waals surface area contributed by atoms with E-state index in [4.69, 9.17) is 0 Å². The van der Waals surface area contributed by atoms with E-state index in [9.17, 15) is 9.59 Å². The molecule has 0 unspecified atom stereocenters. The van der Waals surface area contributed by atoms with Crippen molar-refractivity contribution in [1.82, 2.24) is 14.9 Å². The molecule has 5 rings (SSSR count). The van der Waals surface area contributed by atoms with Crippen molar-refractivity contribution in [3.05, 3.63) is 46.6 Å². The Kier molecular flexibility index (Phi) is 3.56. The molecule has 2 amide bonds. The highest BCUT2D eigenvalue weighted by Crippen LogP contribution is 2.33. The summed E-state index contributed by atoms with van der Waals surface area (Å²) in [6.45, 7) is 1.18. The first-order valence-electron chi connectivity index (χ1n) is 8.84. The van der Waals surface area contributed by atoms with Crippen molar-refractivity contribution in [2.24, 2.45) is 5.92 Å². The number of fused-ring (bicyclic) bond motifs is 2. The number of hydrogen-bond acceptors (Lipinski definition) is 4. The standard InChI is InChI=1S/C19H18N4O2S/c24-17(11-5-6-11)22-19-21-14-7-8-23(10-16(14)26-19)18(25)15-9-12-3-1-2-4-13(12)20-15/h1-4,9,11,20H,5-8,10H2,(H,21,22,24). The van der Waals surface area contributed by atoms with Gasteiger partial charge in [-0.15, -0.1) is 0 Å². The number of anilines is 1. The van der Waals surface area contributed by atoms with Crippen LogP contribution < -0.4 is 5.32 Å². The molecule has 26 heavy (non-hydrogen) atoms. The quantitative estimate of drug-likeness (QED) is 0.747. The van der Waals surface area contributed by atoms with E-state index in [1.807, 2.05) is 35.2 Å². The van der Waals surface area contributed by atoms with Gasteiger partial charge in [-0.2, -0.15) is 0 Å². The molecule has 3 aromatic rings. The van der Waals surface area contributed by atoms with Crippen LogP contribution in [0.25, 0.3) is 10.9 Å². The molecule has 0 bridgehead atoms. The van der Waals surface area contributed by atoms with Crippen molar-refractivity contribution >= 4 is 39.2 Å². The minimum Gasteiger partial charge on any atom is -0.351 e. The number of nitrogens with zero attached hydrogens (tertiary/aromatic N) is 2. The van der Waals surface area contributed by atoms with E-state index in [2.05, 4.69) is 15.3 Å². The number of aromatic nitrogens is 2. The van der Waals surface area contributed by atoms with Crippen molar-refractivity contribution in [2.75, 3.05) is 11.9 Å². The third kappa shape index (κ3) is 2.78. The van der Waals surface area contributed by atoms with Crippen LogP contribution in [0.4, 0.5) is 5.13 Å². The minimum atomic E-state index is 0.00353. The fraction of sp³-hybridized carbons (Fsp3) is 0.316. The fourth-order valence-electron chi connectivity index (χ4n) is 3.33. The van der Waals surface area contributed by atoms with Crippen LogP contribution in [-0.2, 0) is 17.8 Å². The Morgan fingerprint density at radius 2 is 2.12 bits per heavy atom. The first-order valence-corrected chi connectivity index (χ1v) is 9.65. The molecule has 0 radical (unpaired) electrons. The summed E-state index contributed by atoms with van der Waals surface area (Å²) in [6, 6.07) is 9.79. The van der Waals surface area contributed by atoms with E-state index in [0.29, 0.717) is 23.9 Å². The van der Waals surface area contributed by atoms with Crippen LogP contribution in [0.1, 0.15) is 33.9 Å². The van der Waals surface area contributed by atoms with Crippen LogP contribution in [0.5, 0.6) is 0 Å². The maximum Gasteiger partial charge on any atom is 0.270 e. The normalized spacial score (nSPS) is 16.5. The zero-order valence-corrected chi connectivity index (χ0v) is 14.9. The SMILES string of the molecule is O=C(Nc1nc2c(s1)CN(C(=O)c1cc3ccccc3[nH]1)CC2)C1CC1. The molecule has 6 nitrogen and oxygen atoms in total. The van der Waals surface area contributed by atoms with Crippen LogP contribution >= 0.6 is 11.3 Å². The molecule has 0 saturated heterocycles. The van der Waals surface area contributed by atoms with E-state index in [1.54, 1.807) is 0 Å². The lowest BCUT2D eigenvalue weighted by atomic mass is 10.1. The molecule has 2 N–H and O–H groups in total. The predicted octanol–water partition coefficient (Wildman–Crippen LogP) is 3.17. The van der Waals surface area contributed by atoms with Crippen molar-refractivity contribution in [3.63, 3.8) is 0 Å². The number of benzene rings is 1. The second kappa shape index (κ2) is 5.95. The average molecular weight is 366 g/mol. The van der Waals surface area contributed by atoms with Gasteiger partial charge in [-0.3, -0.25) is 9.59 Å². The molecule has 1 fully saturated rings.